The zero-order chi connectivity index (χ0) is 29.7. The van der Waals surface area contributed by atoms with Gasteiger partial charge in [0.2, 0.25) is 0 Å². The number of aliphatic hydroxyl groups excluding tert-OH is 1. The number of hydrogen-bond acceptors (Lipinski definition) is 9. The first kappa shape index (κ1) is 30.6. The highest BCUT2D eigenvalue weighted by Gasteiger charge is 2.53. The molecule has 220 valence electrons. The van der Waals surface area contributed by atoms with Gasteiger partial charge in [-0.1, -0.05) is 73.7 Å². The molecule has 0 amide bonds. The number of allylic oxidation sites excluding steroid dienone is 1. The van der Waals surface area contributed by atoms with Gasteiger partial charge in [0.1, 0.15) is 6.10 Å². The average molecular weight is 575 g/mol. The van der Waals surface area contributed by atoms with Crippen molar-refractivity contribution in [3.8, 4) is 0 Å². The molecule has 0 bridgehead atoms. The van der Waals surface area contributed by atoms with Gasteiger partial charge in [0.15, 0.2) is 24.6 Å². The minimum absolute atomic E-state index is 0.187. The molecule has 1 aliphatic heterocycles. The van der Waals surface area contributed by atoms with Crippen molar-refractivity contribution in [2.75, 3.05) is 13.2 Å². The van der Waals surface area contributed by atoms with Crippen molar-refractivity contribution in [3.63, 3.8) is 0 Å². The summed E-state index contributed by atoms with van der Waals surface area (Å²) in [7, 11) is 0. The van der Waals surface area contributed by atoms with Gasteiger partial charge in [0, 0.05) is 0 Å². The Hall–Kier alpha value is -4.31. The normalized spacial score (nSPS) is 21.9. The summed E-state index contributed by atoms with van der Waals surface area (Å²) in [5.74, 6) is -2.20. The molecule has 0 radical (unpaired) electrons. The number of aliphatic hydroxyl groups is 1. The SMILES string of the molecule is CC/C=C\CCO[C@@H]1O[C@H](CO)[C@@H](OC(=O)c2ccccc2)[C@H](OC(=O)c2ccccc2)[C@H]1OC(=O)c1ccccc1. The Labute approximate surface area is 244 Å². The molecule has 1 aliphatic rings. The van der Waals surface area contributed by atoms with Crippen LogP contribution in [0.25, 0.3) is 0 Å². The number of esters is 3. The third-order valence-corrected chi connectivity index (χ3v) is 6.50. The van der Waals surface area contributed by atoms with Gasteiger partial charge in [0.25, 0.3) is 0 Å². The van der Waals surface area contributed by atoms with Gasteiger partial charge in [-0.15, -0.1) is 0 Å². The fourth-order valence-corrected chi connectivity index (χ4v) is 4.40. The molecule has 9 nitrogen and oxygen atoms in total. The van der Waals surface area contributed by atoms with Crippen molar-refractivity contribution < 1.29 is 43.2 Å². The number of hydrogen-bond donors (Lipinski definition) is 1. The first-order valence-corrected chi connectivity index (χ1v) is 13.8. The Morgan fingerprint density at radius 1 is 0.690 bits per heavy atom. The van der Waals surface area contributed by atoms with Crippen molar-refractivity contribution in [2.45, 2.75) is 50.5 Å². The number of carbonyl (C=O) groups excluding carboxylic acids is 3. The van der Waals surface area contributed by atoms with Crippen molar-refractivity contribution >= 4 is 17.9 Å². The fourth-order valence-electron chi connectivity index (χ4n) is 4.40. The van der Waals surface area contributed by atoms with Crippen LogP contribution in [0.1, 0.15) is 50.8 Å². The zero-order valence-electron chi connectivity index (χ0n) is 23.2. The lowest BCUT2D eigenvalue weighted by Crippen LogP contribution is -2.63. The fraction of sp³-hybridized carbons (Fsp3) is 0.303. The maximum Gasteiger partial charge on any atom is 0.338 e. The van der Waals surface area contributed by atoms with Gasteiger partial charge >= 0.3 is 17.9 Å². The van der Waals surface area contributed by atoms with Crippen LogP contribution in [0.15, 0.2) is 103 Å². The highest BCUT2D eigenvalue weighted by Crippen LogP contribution is 2.31. The molecule has 0 aliphatic carbocycles. The van der Waals surface area contributed by atoms with E-state index in [2.05, 4.69) is 0 Å². The predicted octanol–water partition coefficient (Wildman–Crippen LogP) is 4.75. The van der Waals surface area contributed by atoms with Crippen LogP contribution < -0.4 is 0 Å². The molecule has 9 heteroatoms. The number of rotatable bonds is 12. The molecule has 0 unspecified atom stereocenters. The maximum absolute atomic E-state index is 13.3. The van der Waals surface area contributed by atoms with E-state index in [0.29, 0.717) is 6.42 Å². The molecule has 0 saturated carbocycles. The van der Waals surface area contributed by atoms with E-state index in [1.54, 1.807) is 91.0 Å². The van der Waals surface area contributed by atoms with Gasteiger partial charge < -0.3 is 28.8 Å². The Balaban J connectivity index is 1.69. The molecule has 1 heterocycles. The second-order valence-electron chi connectivity index (χ2n) is 9.47. The molecular formula is C33H34O9. The van der Waals surface area contributed by atoms with E-state index in [9.17, 15) is 19.5 Å². The highest BCUT2D eigenvalue weighted by atomic mass is 16.7. The Bertz CT molecular complexity index is 1310. The topological polar surface area (TPSA) is 118 Å². The molecule has 3 aromatic carbocycles. The molecule has 4 rings (SSSR count). The van der Waals surface area contributed by atoms with Crippen LogP contribution in [-0.4, -0.2) is 66.9 Å². The molecule has 0 aromatic heterocycles. The highest BCUT2D eigenvalue weighted by molar-refractivity contribution is 5.91. The number of ether oxygens (including phenoxy) is 5. The summed E-state index contributed by atoms with van der Waals surface area (Å²) in [6.45, 7) is 1.60. The summed E-state index contributed by atoms with van der Waals surface area (Å²) in [5.41, 5.74) is 0.714. The van der Waals surface area contributed by atoms with Crippen molar-refractivity contribution in [2.24, 2.45) is 0 Å². The first-order valence-electron chi connectivity index (χ1n) is 13.8. The first-order chi connectivity index (χ1) is 20.5. The van der Waals surface area contributed by atoms with Crippen LogP contribution >= 0.6 is 0 Å². The minimum Gasteiger partial charge on any atom is -0.452 e. The Kier molecular flexibility index (Phi) is 11.4. The predicted molar refractivity (Wildman–Crippen MR) is 153 cm³/mol. The summed E-state index contributed by atoms with van der Waals surface area (Å²) < 4.78 is 29.6. The quantitative estimate of drug-likeness (QED) is 0.141. The second-order valence-corrected chi connectivity index (χ2v) is 9.47. The standard InChI is InChI=1S/C33H34O9/c1-2-3-4-14-21-38-33-29(42-32(37)25-19-12-7-13-20-25)28(41-31(36)24-17-10-6-11-18-24)27(26(22-34)39-33)40-30(35)23-15-8-5-9-16-23/h3-13,15-20,26-29,33-34H,2,14,21-22H2,1H3/b4-3-/t26-,27-,28+,29-,33-/m1/s1. The number of benzene rings is 3. The molecule has 0 spiro atoms. The molecule has 42 heavy (non-hydrogen) atoms. The van der Waals surface area contributed by atoms with E-state index < -0.39 is 55.2 Å². The lowest BCUT2D eigenvalue weighted by atomic mass is 9.97. The van der Waals surface area contributed by atoms with E-state index in [-0.39, 0.29) is 23.3 Å². The van der Waals surface area contributed by atoms with E-state index in [4.69, 9.17) is 23.7 Å². The minimum atomic E-state index is -1.39. The smallest absolute Gasteiger partial charge is 0.338 e. The lowest BCUT2D eigenvalue weighted by molar-refractivity contribution is -0.298. The van der Waals surface area contributed by atoms with Gasteiger partial charge in [-0.3, -0.25) is 0 Å². The molecular weight excluding hydrogens is 540 g/mol. The Morgan fingerprint density at radius 2 is 1.14 bits per heavy atom. The number of carbonyl (C=O) groups is 3. The van der Waals surface area contributed by atoms with E-state index >= 15 is 0 Å². The summed E-state index contributed by atoms with van der Waals surface area (Å²) in [4.78, 5) is 39.7. The molecule has 1 N–H and O–H groups in total. The third-order valence-electron chi connectivity index (χ3n) is 6.50. The van der Waals surface area contributed by atoms with E-state index in [1.165, 1.54) is 0 Å². The summed E-state index contributed by atoms with van der Waals surface area (Å²) in [6.07, 6.45) is -1.17. The van der Waals surface area contributed by atoms with Crippen LogP contribution in [0.4, 0.5) is 0 Å². The molecule has 3 aromatic rings. The molecule has 1 saturated heterocycles. The molecule has 1 fully saturated rings. The van der Waals surface area contributed by atoms with Crippen molar-refractivity contribution in [3.05, 3.63) is 120 Å². The second kappa shape index (κ2) is 15.6. The molecule has 5 atom stereocenters. The summed E-state index contributed by atoms with van der Waals surface area (Å²) in [6, 6.07) is 24.7. The van der Waals surface area contributed by atoms with Crippen LogP contribution in [0, 0.1) is 0 Å². The van der Waals surface area contributed by atoms with Crippen LogP contribution in [0.2, 0.25) is 0 Å². The summed E-state index contributed by atoms with van der Waals surface area (Å²) >= 11 is 0. The van der Waals surface area contributed by atoms with Crippen LogP contribution in [0.3, 0.4) is 0 Å². The summed E-state index contributed by atoms with van der Waals surface area (Å²) in [5, 5.41) is 10.3. The van der Waals surface area contributed by atoms with Crippen molar-refractivity contribution in [1.29, 1.82) is 0 Å². The largest absolute Gasteiger partial charge is 0.452 e. The van der Waals surface area contributed by atoms with Crippen LogP contribution in [-0.2, 0) is 23.7 Å². The van der Waals surface area contributed by atoms with Crippen LogP contribution in [0.5, 0.6) is 0 Å². The van der Waals surface area contributed by atoms with Crippen molar-refractivity contribution in [1.82, 2.24) is 0 Å². The van der Waals surface area contributed by atoms with E-state index in [1.807, 2.05) is 19.1 Å². The van der Waals surface area contributed by atoms with E-state index in [0.717, 1.165) is 6.42 Å². The third kappa shape index (κ3) is 8.13. The van der Waals surface area contributed by atoms with Gasteiger partial charge in [-0.2, -0.15) is 0 Å². The lowest BCUT2D eigenvalue weighted by Gasteiger charge is -2.44. The van der Waals surface area contributed by atoms with Gasteiger partial charge in [-0.25, -0.2) is 14.4 Å². The monoisotopic (exact) mass is 574 g/mol. The van der Waals surface area contributed by atoms with Gasteiger partial charge in [-0.05, 0) is 49.2 Å². The van der Waals surface area contributed by atoms with Gasteiger partial charge in [0.05, 0.1) is 29.9 Å². The Morgan fingerprint density at radius 3 is 1.60 bits per heavy atom. The maximum atomic E-state index is 13.3. The average Bonchev–Trinajstić information content (AvgIpc) is 3.04. The zero-order valence-corrected chi connectivity index (χ0v) is 23.2.